The van der Waals surface area contributed by atoms with E-state index >= 15 is 0 Å². The molecule has 1 aromatic carbocycles. The number of aromatic nitrogens is 1. The summed E-state index contributed by atoms with van der Waals surface area (Å²) in [5, 5.41) is 8.11. The van der Waals surface area contributed by atoms with Gasteiger partial charge in [-0.3, -0.25) is 0 Å². The summed E-state index contributed by atoms with van der Waals surface area (Å²) in [4.78, 5) is 18.1. The molecule has 2 aromatic rings. The van der Waals surface area contributed by atoms with Crippen LogP contribution in [-0.2, 0) is 12.0 Å². The molecule has 4 rings (SSSR count). The number of benzene rings is 1. The first-order valence-electron chi connectivity index (χ1n) is 8.80. The molecule has 0 bridgehead atoms. The molecule has 1 spiro atoms. The molecule has 2 aliphatic heterocycles. The maximum Gasteiger partial charge on any atom is 0.317 e. The van der Waals surface area contributed by atoms with Crippen LogP contribution in [0, 0.1) is 0 Å². The number of likely N-dealkylation sites (tertiary alicyclic amines) is 1. The molecule has 2 aliphatic rings. The zero-order valence-electron chi connectivity index (χ0n) is 14.7. The molecule has 0 radical (unpaired) electrons. The van der Waals surface area contributed by atoms with Gasteiger partial charge >= 0.3 is 6.03 Å². The second kappa shape index (κ2) is 5.24. The fourth-order valence-electron chi connectivity index (χ4n) is 4.11. The lowest BCUT2D eigenvalue weighted by Crippen LogP contribution is -2.52. The number of nitrogens with zero attached hydrogens (tertiary/aromatic N) is 1. The van der Waals surface area contributed by atoms with E-state index in [2.05, 4.69) is 39.9 Å². The Morgan fingerprint density at radius 3 is 2.88 bits per heavy atom. The van der Waals surface area contributed by atoms with Gasteiger partial charge in [-0.15, -0.1) is 0 Å². The average Bonchev–Trinajstić information content (AvgIpc) is 3.10. The Morgan fingerprint density at radius 1 is 1.29 bits per heavy atom. The number of urea groups is 1. The molecular formula is C19H26N4O. The molecule has 5 nitrogen and oxygen atoms in total. The molecule has 1 aromatic heterocycles. The lowest BCUT2D eigenvalue weighted by Gasteiger charge is -2.35. The minimum Gasteiger partial charge on any atom is -0.357 e. The first-order valence-corrected chi connectivity index (χ1v) is 8.80. The molecule has 128 valence electrons. The van der Waals surface area contributed by atoms with Crippen LogP contribution >= 0.6 is 0 Å². The summed E-state index contributed by atoms with van der Waals surface area (Å²) in [7, 11) is 0. The molecule has 2 amide bonds. The summed E-state index contributed by atoms with van der Waals surface area (Å²) in [5.41, 5.74) is 3.55. The number of fused-ring (bicyclic) bond motifs is 4. The van der Waals surface area contributed by atoms with E-state index in [9.17, 15) is 4.79 Å². The number of para-hydroxylation sites is 1. The van der Waals surface area contributed by atoms with E-state index in [1.54, 1.807) is 0 Å². The zero-order valence-corrected chi connectivity index (χ0v) is 14.7. The standard InChI is InChI=1S/C19H26N4O/c1-18(2,3)22-17(24)23-11-9-19(12-23)16-14(8-10-20-19)13-6-4-5-7-15(13)21-16/h4-7,20-21H,8-12H2,1-3H3,(H,22,24). The van der Waals surface area contributed by atoms with E-state index in [1.165, 1.54) is 22.2 Å². The Hall–Kier alpha value is -2.01. The van der Waals surface area contributed by atoms with Crippen LogP contribution in [-0.4, -0.2) is 41.1 Å². The van der Waals surface area contributed by atoms with Crippen molar-refractivity contribution in [2.75, 3.05) is 19.6 Å². The number of H-pyrrole nitrogens is 1. The van der Waals surface area contributed by atoms with Gasteiger partial charge in [0.05, 0.1) is 5.54 Å². The molecule has 3 N–H and O–H groups in total. The molecule has 3 heterocycles. The topological polar surface area (TPSA) is 60.2 Å². The highest BCUT2D eigenvalue weighted by molar-refractivity contribution is 5.85. The van der Waals surface area contributed by atoms with Crippen LogP contribution in [0.1, 0.15) is 38.4 Å². The van der Waals surface area contributed by atoms with Crippen molar-refractivity contribution in [1.29, 1.82) is 0 Å². The van der Waals surface area contributed by atoms with E-state index in [4.69, 9.17) is 0 Å². The Bertz CT molecular complexity index is 788. The minimum atomic E-state index is -0.209. The third-order valence-corrected chi connectivity index (χ3v) is 5.17. The predicted molar refractivity (Wildman–Crippen MR) is 96.2 cm³/mol. The van der Waals surface area contributed by atoms with Gasteiger partial charge in [-0.25, -0.2) is 4.79 Å². The summed E-state index contributed by atoms with van der Waals surface area (Å²) in [6.07, 6.45) is 1.99. The van der Waals surface area contributed by atoms with Gasteiger partial charge < -0.3 is 20.5 Å². The largest absolute Gasteiger partial charge is 0.357 e. The van der Waals surface area contributed by atoms with Crippen molar-refractivity contribution in [3.8, 4) is 0 Å². The van der Waals surface area contributed by atoms with Crippen molar-refractivity contribution in [2.45, 2.75) is 44.7 Å². The molecule has 5 heteroatoms. The van der Waals surface area contributed by atoms with Gasteiger partial charge in [-0.2, -0.15) is 0 Å². The van der Waals surface area contributed by atoms with Crippen molar-refractivity contribution in [1.82, 2.24) is 20.5 Å². The van der Waals surface area contributed by atoms with Crippen molar-refractivity contribution in [3.05, 3.63) is 35.5 Å². The van der Waals surface area contributed by atoms with E-state index < -0.39 is 0 Å². The molecule has 1 fully saturated rings. The van der Waals surface area contributed by atoms with Gasteiger partial charge in [0.15, 0.2) is 0 Å². The fourth-order valence-corrected chi connectivity index (χ4v) is 4.11. The summed E-state index contributed by atoms with van der Waals surface area (Å²) >= 11 is 0. The lowest BCUT2D eigenvalue weighted by atomic mass is 9.86. The smallest absolute Gasteiger partial charge is 0.317 e. The zero-order chi connectivity index (χ0) is 16.9. The summed E-state index contributed by atoms with van der Waals surface area (Å²) in [6, 6.07) is 8.54. The quantitative estimate of drug-likeness (QED) is 0.697. The maximum absolute atomic E-state index is 12.5. The van der Waals surface area contributed by atoms with Crippen LogP contribution in [0.25, 0.3) is 10.9 Å². The molecule has 1 atom stereocenters. The number of aromatic amines is 1. The van der Waals surface area contributed by atoms with Crippen molar-refractivity contribution in [2.24, 2.45) is 0 Å². The highest BCUT2D eigenvalue weighted by Gasteiger charge is 2.45. The predicted octanol–water partition coefficient (Wildman–Crippen LogP) is 2.72. The Balaban J connectivity index is 1.65. The van der Waals surface area contributed by atoms with Gasteiger partial charge in [-0.05, 0) is 45.2 Å². The summed E-state index contributed by atoms with van der Waals surface area (Å²) < 4.78 is 0. The number of hydrogen-bond acceptors (Lipinski definition) is 2. The van der Waals surface area contributed by atoms with Crippen LogP contribution in [0.5, 0.6) is 0 Å². The van der Waals surface area contributed by atoms with Gasteiger partial charge in [0.2, 0.25) is 0 Å². The number of rotatable bonds is 0. The third-order valence-electron chi connectivity index (χ3n) is 5.17. The summed E-state index contributed by atoms with van der Waals surface area (Å²) in [6.45, 7) is 8.52. The Kier molecular flexibility index (Phi) is 3.39. The summed E-state index contributed by atoms with van der Waals surface area (Å²) in [5.74, 6) is 0. The molecule has 1 saturated heterocycles. The molecule has 0 saturated carbocycles. The number of amides is 2. The Labute approximate surface area is 142 Å². The monoisotopic (exact) mass is 326 g/mol. The number of carbonyl (C=O) groups excluding carboxylic acids is 1. The van der Waals surface area contributed by atoms with Gasteiger partial charge in [0, 0.05) is 41.8 Å². The first kappa shape index (κ1) is 15.5. The van der Waals surface area contributed by atoms with E-state index in [0.717, 1.165) is 25.9 Å². The van der Waals surface area contributed by atoms with E-state index in [0.29, 0.717) is 6.54 Å². The molecule has 1 unspecified atom stereocenters. The van der Waals surface area contributed by atoms with E-state index in [-0.39, 0.29) is 17.1 Å². The highest BCUT2D eigenvalue weighted by atomic mass is 16.2. The molecule has 24 heavy (non-hydrogen) atoms. The first-order chi connectivity index (χ1) is 11.4. The number of carbonyl (C=O) groups is 1. The number of nitrogens with one attached hydrogen (secondary N) is 3. The van der Waals surface area contributed by atoms with Crippen LogP contribution in [0.15, 0.2) is 24.3 Å². The average molecular weight is 326 g/mol. The lowest BCUT2D eigenvalue weighted by molar-refractivity contribution is 0.193. The second-order valence-corrected chi connectivity index (χ2v) is 8.13. The SMILES string of the molecule is CC(C)(C)NC(=O)N1CCC2(C1)NCCc1c2[nH]c2ccccc12. The molecule has 0 aliphatic carbocycles. The second-order valence-electron chi connectivity index (χ2n) is 8.13. The fraction of sp³-hybridized carbons (Fsp3) is 0.526. The van der Waals surface area contributed by atoms with Crippen molar-refractivity contribution >= 4 is 16.9 Å². The van der Waals surface area contributed by atoms with Crippen molar-refractivity contribution < 1.29 is 4.79 Å². The normalized spacial score (nSPS) is 23.7. The van der Waals surface area contributed by atoms with Gasteiger partial charge in [0.25, 0.3) is 0 Å². The van der Waals surface area contributed by atoms with Crippen LogP contribution in [0.4, 0.5) is 4.79 Å². The van der Waals surface area contributed by atoms with Crippen LogP contribution in [0.3, 0.4) is 0 Å². The van der Waals surface area contributed by atoms with Gasteiger partial charge in [0.1, 0.15) is 0 Å². The van der Waals surface area contributed by atoms with E-state index in [1.807, 2.05) is 25.7 Å². The van der Waals surface area contributed by atoms with Crippen LogP contribution in [0.2, 0.25) is 0 Å². The van der Waals surface area contributed by atoms with Crippen LogP contribution < -0.4 is 10.6 Å². The third kappa shape index (κ3) is 2.47. The molecular weight excluding hydrogens is 300 g/mol. The number of hydrogen-bond donors (Lipinski definition) is 3. The van der Waals surface area contributed by atoms with Gasteiger partial charge in [-0.1, -0.05) is 18.2 Å². The minimum absolute atomic E-state index is 0.0319. The Morgan fingerprint density at radius 2 is 2.08 bits per heavy atom. The highest BCUT2D eigenvalue weighted by Crippen LogP contribution is 2.39. The maximum atomic E-state index is 12.5. The van der Waals surface area contributed by atoms with Crippen molar-refractivity contribution in [3.63, 3.8) is 0 Å².